The van der Waals surface area contributed by atoms with Crippen LogP contribution in [-0.2, 0) is 16.1 Å². The first-order valence-corrected chi connectivity index (χ1v) is 12.3. The number of carbonyl (C=O) groups is 3. The van der Waals surface area contributed by atoms with E-state index in [-0.39, 0.29) is 35.6 Å². The zero-order valence-corrected chi connectivity index (χ0v) is 20.9. The molecule has 7 nitrogen and oxygen atoms in total. The summed E-state index contributed by atoms with van der Waals surface area (Å²) in [7, 11) is 1.59. The number of nitrogens with zero attached hydrogens (tertiary/aromatic N) is 1. The van der Waals surface area contributed by atoms with E-state index in [4.69, 9.17) is 4.74 Å². The number of amides is 3. The molecule has 4 rings (SSSR count). The van der Waals surface area contributed by atoms with Crippen LogP contribution >= 0.6 is 11.8 Å². The third-order valence-electron chi connectivity index (χ3n) is 6.44. The molecule has 34 heavy (non-hydrogen) atoms. The molecule has 0 saturated carbocycles. The molecule has 180 valence electrons. The molecule has 3 atom stereocenters. The molecule has 0 aliphatic carbocycles. The second-order valence-corrected chi connectivity index (χ2v) is 11.3. The largest absolute Gasteiger partial charge is 0.496 e. The number of thioether (sulfide) groups is 1. The van der Waals surface area contributed by atoms with Crippen LogP contribution in [-0.4, -0.2) is 46.6 Å². The molecule has 2 aromatic rings. The summed E-state index contributed by atoms with van der Waals surface area (Å²) in [5.41, 5.74) is 2.43. The van der Waals surface area contributed by atoms with Gasteiger partial charge >= 0.3 is 0 Å². The van der Waals surface area contributed by atoms with Gasteiger partial charge in [0, 0.05) is 22.4 Å². The number of fused-ring (bicyclic) bond motifs is 3. The molecule has 2 N–H and O–H groups in total. The van der Waals surface area contributed by atoms with Crippen molar-refractivity contribution in [3.8, 4) is 5.75 Å². The van der Waals surface area contributed by atoms with E-state index in [2.05, 4.69) is 10.6 Å². The van der Waals surface area contributed by atoms with Crippen LogP contribution in [0.3, 0.4) is 0 Å². The Morgan fingerprint density at radius 1 is 1.12 bits per heavy atom. The summed E-state index contributed by atoms with van der Waals surface area (Å²) in [5, 5.41) is 5.67. The molecule has 2 aromatic carbocycles. The summed E-state index contributed by atoms with van der Waals surface area (Å²) >= 11 is 1.61. The Morgan fingerprint density at radius 3 is 2.50 bits per heavy atom. The normalized spacial score (nSPS) is 21.1. The first kappa shape index (κ1) is 24.1. The number of rotatable bonds is 7. The third kappa shape index (κ3) is 4.27. The van der Waals surface area contributed by atoms with Gasteiger partial charge < -0.3 is 20.3 Å². The summed E-state index contributed by atoms with van der Waals surface area (Å²) in [4.78, 5) is 41.5. The van der Waals surface area contributed by atoms with Crippen LogP contribution in [0.1, 0.15) is 54.6 Å². The van der Waals surface area contributed by atoms with Crippen LogP contribution in [0.15, 0.2) is 48.5 Å². The van der Waals surface area contributed by atoms with Gasteiger partial charge in [-0.05, 0) is 37.5 Å². The predicted molar refractivity (Wildman–Crippen MR) is 132 cm³/mol. The van der Waals surface area contributed by atoms with Crippen molar-refractivity contribution in [1.82, 2.24) is 15.5 Å². The maximum absolute atomic E-state index is 13.6. The fourth-order valence-corrected chi connectivity index (χ4v) is 6.30. The molecule has 0 spiro atoms. The Kier molecular flexibility index (Phi) is 6.62. The SMILES string of the molecule is COc1ccccc1CNC(=O)[C@@H](NC(=O)[C@H]1N2C(=O)c3ccccc3[C@H]2SC1(C)C)C(C)C. The summed E-state index contributed by atoms with van der Waals surface area (Å²) in [6, 6.07) is 13.6. The molecule has 2 aliphatic heterocycles. The lowest BCUT2D eigenvalue weighted by Crippen LogP contribution is -2.58. The summed E-state index contributed by atoms with van der Waals surface area (Å²) in [6.07, 6.45) is 0. The maximum Gasteiger partial charge on any atom is 0.256 e. The minimum Gasteiger partial charge on any atom is -0.496 e. The van der Waals surface area contributed by atoms with Crippen molar-refractivity contribution < 1.29 is 19.1 Å². The van der Waals surface area contributed by atoms with Crippen LogP contribution in [0.25, 0.3) is 0 Å². The zero-order chi connectivity index (χ0) is 24.6. The van der Waals surface area contributed by atoms with Crippen LogP contribution in [0.5, 0.6) is 5.75 Å². The quantitative estimate of drug-likeness (QED) is 0.632. The van der Waals surface area contributed by atoms with E-state index in [1.165, 1.54) is 0 Å². The van der Waals surface area contributed by atoms with Gasteiger partial charge in [0.15, 0.2) is 0 Å². The molecule has 0 bridgehead atoms. The number of methoxy groups -OCH3 is 1. The maximum atomic E-state index is 13.6. The highest BCUT2D eigenvalue weighted by molar-refractivity contribution is 8.01. The molecule has 0 aromatic heterocycles. The van der Waals surface area contributed by atoms with Crippen molar-refractivity contribution in [2.45, 2.75) is 56.4 Å². The molecule has 0 radical (unpaired) electrons. The fourth-order valence-electron chi connectivity index (χ4n) is 4.71. The second kappa shape index (κ2) is 9.33. The minimum atomic E-state index is -0.734. The van der Waals surface area contributed by atoms with Gasteiger partial charge in [-0.25, -0.2) is 0 Å². The number of hydrogen-bond donors (Lipinski definition) is 2. The van der Waals surface area contributed by atoms with Gasteiger partial charge in [0.1, 0.15) is 23.2 Å². The molecule has 1 fully saturated rings. The number of carbonyl (C=O) groups excluding carboxylic acids is 3. The number of para-hydroxylation sites is 1. The van der Waals surface area contributed by atoms with E-state index in [1.54, 1.807) is 29.8 Å². The highest BCUT2D eigenvalue weighted by Crippen LogP contribution is 2.56. The molecule has 1 saturated heterocycles. The van der Waals surface area contributed by atoms with Gasteiger partial charge in [-0.15, -0.1) is 11.8 Å². The molecular formula is C26H31N3O4S. The number of hydrogen-bond acceptors (Lipinski definition) is 5. The molecule has 2 heterocycles. The molecule has 0 unspecified atom stereocenters. The van der Waals surface area contributed by atoms with Crippen LogP contribution in [0.2, 0.25) is 0 Å². The van der Waals surface area contributed by atoms with E-state index in [0.29, 0.717) is 11.3 Å². The Labute approximate surface area is 204 Å². The van der Waals surface area contributed by atoms with E-state index < -0.39 is 16.8 Å². The smallest absolute Gasteiger partial charge is 0.256 e. The van der Waals surface area contributed by atoms with Crippen molar-refractivity contribution in [1.29, 1.82) is 0 Å². The highest BCUT2D eigenvalue weighted by Gasteiger charge is 2.57. The van der Waals surface area contributed by atoms with Gasteiger partial charge in [0.05, 0.1) is 7.11 Å². The van der Waals surface area contributed by atoms with Gasteiger partial charge in [0.2, 0.25) is 11.8 Å². The van der Waals surface area contributed by atoms with Crippen molar-refractivity contribution >= 4 is 29.5 Å². The molecular weight excluding hydrogens is 450 g/mol. The summed E-state index contributed by atoms with van der Waals surface area (Å²) in [5.74, 6) is -0.171. The van der Waals surface area contributed by atoms with Crippen molar-refractivity contribution in [2.75, 3.05) is 7.11 Å². The summed E-state index contributed by atoms with van der Waals surface area (Å²) < 4.78 is 4.85. The average Bonchev–Trinajstić information content (AvgIpc) is 3.24. The van der Waals surface area contributed by atoms with E-state index >= 15 is 0 Å². The van der Waals surface area contributed by atoms with Gasteiger partial charge in [-0.2, -0.15) is 0 Å². The Hall–Kier alpha value is -3.00. The second-order valence-electron chi connectivity index (χ2n) is 9.54. The van der Waals surface area contributed by atoms with Gasteiger partial charge in [0.25, 0.3) is 5.91 Å². The predicted octanol–water partition coefficient (Wildman–Crippen LogP) is 3.50. The van der Waals surface area contributed by atoms with E-state index in [1.807, 2.05) is 70.2 Å². The number of nitrogens with one attached hydrogen (secondary N) is 2. The lowest BCUT2D eigenvalue weighted by molar-refractivity contribution is -0.132. The number of ether oxygens (including phenoxy) is 1. The highest BCUT2D eigenvalue weighted by atomic mass is 32.2. The number of benzene rings is 2. The summed E-state index contributed by atoms with van der Waals surface area (Å²) in [6.45, 7) is 8.02. The minimum absolute atomic E-state index is 0.138. The first-order valence-electron chi connectivity index (χ1n) is 11.4. The molecule has 2 aliphatic rings. The van der Waals surface area contributed by atoms with Gasteiger partial charge in [-0.3, -0.25) is 14.4 Å². The Morgan fingerprint density at radius 2 is 1.79 bits per heavy atom. The molecule has 3 amide bonds. The lowest BCUT2D eigenvalue weighted by atomic mass is 9.98. The topological polar surface area (TPSA) is 87.7 Å². The monoisotopic (exact) mass is 481 g/mol. The standard InChI is InChI=1S/C26H31N3O4S/c1-15(2)20(22(30)27-14-16-10-6-9-13-19(16)33-5)28-23(31)21-26(3,4)34-25-18-12-8-7-11-17(18)24(32)29(21)25/h6-13,15,20-21,25H,14H2,1-5H3,(H,27,30)(H,28,31)/t20-,21+,25+/m0/s1. The van der Waals surface area contributed by atoms with Crippen LogP contribution in [0.4, 0.5) is 0 Å². The van der Waals surface area contributed by atoms with Crippen LogP contribution in [0, 0.1) is 5.92 Å². The Balaban J connectivity index is 1.50. The Bertz CT molecular complexity index is 1120. The van der Waals surface area contributed by atoms with Crippen molar-refractivity contribution in [3.63, 3.8) is 0 Å². The first-order chi connectivity index (χ1) is 16.2. The van der Waals surface area contributed by atoms with Crippen molar-refractivity contribution in [3.05, 3.63) is 65.2 Å². The van der Waals surface area contributed by atoms with Gasteiger partial charge in [-0.1, -0.05) is 50.2 Å². The van der Waals surface area contributed by atoms with Crippen molar-refractivity contribution in [2.24, 2.45) is 5.92 Å². The lowest BCUT2D eigenvalue weighted by Gasteiger charge is -2.32. The zero-order valence-electron chi connectivity index (χ0n) is 20.1. The van der Waals surface area contributed by atoms with Crippen LogP contribution < -0.4 is 15.4 Å². The average molecular weight is 482 g/mol. The molecule has 8 heteroatoms. The van der Waals surface area contributed by atoms with E-state index in [9.17, 15) is 14.4 Å². The fraction of sp³-hybridized carbons (Fsp3) is 0.423. The third-order valence-corrected chi connectivity index (χ3v) is 7.97. The van der Waals surface area contributed by atoms with E-state index in [0.717, 1.165) is 11.1 Å².